The van der Waals surface area contributed by atoms with Gasteiger partial charge in [0, 0.05) is 5.41 Å². The fourth-order valence-corrected chi connectivity index (χ4v) is 11.5. The van der Waals surface area contributed by atoms with Crippen molar-refractivity contribution < 1.29 is 14.6 Å². The van der Waals surface area contributed by atoms with Crippen LogP contribution in [0.2, 0.25) is 0 Å². The average Bonchev–Trinajstić information content (AvgIpc) is 2.92. The zero-order chi connectivity index (χ0) is 28.8. The second-order valence-electron chi connectivity index (χ2n) is 16.8. The van der Waals surface area contributed by atoms with Gasteiger partial charge in [0.1, 0.15) is 6.10 Å². The molecule has 0 bridgehead atoms. The summed E-state index contributed by atoms with van der Waals surface area (Å²) in [6, 6.07) is 9.34. The number of carbonyl (C=O) groups excluding carboxylic acids is 1. The summed E-state index contributed by atoms with van der Waals surface area (Å²) in [6.07, 6.45) is 14.6. The Hall–Kier alpha value is -1.61. The van der Waals surface area contributed by atoms with Crippen molar-refractivity contribution in [1.82, 2.24) is 0 Å². The number of carbonyl (C=O) groups is 1. The van der Waals surface area contributed by atoms with Crippen LogP contribution in [0.3, 0.4) is 0 Å². The van der Waals surface area contributed by atoms with E-state index < -0.39 is 5.41 Å². The quantitative estimate of drug-likeness (QED) is 0.304. The number of allylic oxidation sites excluding steroid dienone is 2. The van der Waals surface area contributed by atoms with Gasteiger partial charge in [0.05, 0.1) is 12.2 Å². The fraction of sp³-hybridized carbons (Fsp3) is 0.757. The summed E-state index contributed by atoms with van der Waals surface area (Å²) < 4.78 is 6.22. The Bertz CT molecular complexity index is 1190. The van der Waals surface area contributed by atoms with E-state index in [1.54, 1.807) is 0 Å². The van der Waals surface area contributed by atoms with Crippen molar-refractivity contribution in [2.24, 2.45) is 50.2 Å². The highest BCUT2D eigenvalue weighted by Crippen LogP contribution is 2.75. The maximum absolute atomic E-state index is 13.1. The van der Waals surface area contributed by atoms with Gasteiger partial charge < -0.3 is 9.84 Å². The van der Waals surface area contributed by atoms with E-state index in [1.807, 2.05) is 35.9 Å². The molecule has 0 amide bonds. The van der Waals surface area contributed by atoms with Gasteiger partial charge in [-0.05, 0) is 121 Å². The summed E-state index contributed by atoms with van der Waals surface area (Å²) >= 11 is 0. The van der Waals surface area contributed by atoms with Crippen LogP contribution in [0.15, 0.2) is 42.0 Å². The Labute approximate surface area is 243 Å². The molecule has 4 saturated carbocycles. The Morgan fingerprint density at radius 1 is 0.875 bits per heavy atom. The largest absolute Gasteiger partial charge is 0.458 e. The number of rotatable bonds is 3. The van der Waals surface area contributed by atoms with Crippen molar-refractivity contribution in [3.63, 3.8) is 0 Å². The van der Waals surface area contributed by atoms with E-state index in [-0.39, 0.29) is 34.9 Å². The molecule has 1 aromatic carbocycles. The van der Waals surface area contributed by atoms with E-state index in [9.17, 15) is 9.90 Å². The third-order valence-corrected chi connectivity index (χ3v) is 14.4. The number of aliphatic hydroxyl groups is 1. The van der Waals surface area contributed by atoms with Crippen molar-refractivity contribution in [3.8, 4) is 0 Å². The minimum Gasteiger partial charge on any atom is -0.458 e. The van der Waals surface area contributed by atoms with Gasteiger partial charge in [-0.25, -0.2) is 4.79 Å². The van der Waals surface area contributed by atoms with E-state index in [0.29, 0.717) is 34.1 Å². The molecule has 0 radical (unpaired) electrons. The highest BCUT2D eigenvalue weighted by Gasteiger charge is 2.68. The Kier molecular flexibility index (Phi) is 6.55. The highest BCUT2D eigenvalue weighted by molar-refractivity contribution is 5.89. The Morgan fingerprint density at radius 2 is 1.57 bits per heavy atom. The SMILES string of the molecule is CC1(C)CC[C@]2(C)CC[C@]3(C)C(=CC[C@@H]4[C@@]5(C)CC[C@H](OC(=O)c6ccccc6)[C@@](C)(CO)C5CC[C@]43C)[C@H]2C1. The van der Waals surface area contributed by atoms with Gasteiger partial charge in [0.25, 0.3) is 0 Å². The summed E-state index contributed by atoms with van der Waals surface area (Å²) in [5, 5.41) is 11.0. The third-order valence-electron chi connectivity index (χ3n) is 14.4. The van der Waals surface area contributed by atoms with Crippen LogP contribution in [0.5, 0.6) is 0 Å². The maximum Gasteiger partial charge on any atom is 0.338 e. The van der Waals surface area contributed by atoms with Crippen LogP contribution >= 0.6 is 0 Å². The summed E-state index contributed by atoms with van der Waals surface area (Å²) in [5.74, 6) is 1.39. The lowest BCUT2D eigenvalue weighted by atomic mass is 9.33. The average molecular weight is 547 g/mol. The van der Waals surface area contributed by atoms with Gasteiger partial charge in [-0.1, -0.05) is 78.3 Å². The van der Waals surface area contributed by atoms with Crippen molar-refractivity contribution in [2.45, 2.75) is 119 Å². The van der Waals surface area contributed by atoms with Gasteiger partial charge in [-0.3, -0.25) is 0 Å². The first-order chi connectivity index (χ1) is 18.7. The maximum atomic E-state index is 13.1. The predicted molar refractivity (Wildman–Crippen MR) is 162 cm³/mol. The molecule has 5 aliphatic carbocycles. The highest BCUT2D eigenvalue weighted by atomic mass is 16.5. The normalized spacial score (nSPS) is 47.5. The first-order valence-electron chi connectivity index (χ1n) is 16.3. The van der Waals surface area contributed by atoms with Crippen molar-refractivity contribution in [2.75, 3.05) is 6.61 Å². The van der Waals surface area contributed by atoms with Crippen LogP contribution < -0.4 is 0 Å². The molecule has 0 saturated heterocycles. The molecule has 0 heterocycles. The number of benzene rings is 1. The fourth-order valence-electron chi connectivity index (χ4n) is 11.5. The predicted octanol–water partition coefficient (Wildman–Crippen LogP) is 9.01. The molecule has 220 valence electrons. The Balaban J connectivity index is 1.32. The van der Waals surface area contributed by atoms with Crippen LogP contribution in [0.25, 0.3) is 0 Å². The number of aliphatic hydroxyl groups excluding tert-OH is 1. The molecule has 0 spiro atoms. The monoisotopic (exact) mass is 546 g/mol. The standard InChI is InChI=1S/C37H54O3/c1-32(2)19-20-33(3)21-22-36(6)26(27(33)23-32)13-14-29-34(4)17-16-30(40-31(39)25-11-9-8-10-12-25)35(5,24-38)28(34)15-18-37(29,36)7/h8-13,27-30,38H,14-24H2,1-7H3/t27-,28?,29-,30+,33-,34+,35+,36-,37-/m1/s1. The molecule has 1 N–H and O–H groups in total. The molecule has 0 aromatic heterocycles. The van der Waals surface area contributed by atoms with E-state index in [2.05, 4.69) is 54.5 Å². The molecular weight excluding hydrogens is 492 g/mol. The van der Waals surface area contributed by atoms with E-state index in [4.69, 9.17) is 4.74 Å². The van der Waals surface area contributed by atoms with E-state index in [1.165, 1.54) is 38.5 Å². The minimum absolute atomic E-state index is 0.0668. The summed E-state index contributed by atoms with van der Waals surface area (Å²) in [5.41, 5.74) is 3.50. The summed E-state index contributed by atoms with van der Waals surface area (Å²) in [4.78, 5) is 13.1. The number of ether oxygens (including phenoxy) is 1. The van der Waals surface area contributed by atoms with Crippen LogP contribution in [0.4, 0.5) is 0 Å². The van der Waals surface area contributed by atoms with E-state index >= 15 is 0 Å². The topological polar surface area (TPSA) is 46.5 Å². The van der Waals surface area contributed by atoms with Crippen LogP contribution in [-0.4, -0.2) is 23.8 Å². The molecule has 4 fully saturated rings. The van der Waals surface area contributed by atoms with Gasteiger partial charge >= 0.3 is 5.97 Å². The van der Waals surface area contributed by atoms with Crippen molar-refractivity contribution in [3.05, 3.63) is 47.5 Å². The summed E-state index contributed by atoms with van der Waals surface area (Å²) in [7, 11) is 0. The molecule has 3 nitrogen and oxygen atoms in total. The molecule has 0 aliphatic heterocycles. The smallest absolute Gasteiger partial charge is 0.338 e. The molecule has 9 atom stereocenters. The van der Waals surface area contributed by atoms with Gasteiger partial charge in [-0.2, -0.15) is 0 Å². The molecular formula is C37H54O3. The second kappa shape index (κ2) is 9.19. The van der Waals surface area contributed by atoms with Crippen LogP contribution in [0, 0.1) is 50.2 Å². The van der Waals surface area contributed by atoms with Crippen LogP contribution in [-0.2, 0) is 4.74 Å². The first kappa shape index (κ1) is 28.5. The number of fused-ring (bicyclic) bond motifs is 7. The number of esters is 1. The minimum atomic E-state index is -0.428. The zero-order valence-corrected chi connectivity index (χ0v) is 26.3. The number of hydrogen-bond donors (Lipinski definition) is 1. The van der Waals surface area contributed by atoms with Gasteiger partial charge in [0.2, 0.25) is 0 Å². The van der Waals surface area contributed by atoms with Gasteiger partial charge in [-0.15, -0.1) is 0 Å². The molecule has 6 rings (SSSR count). The molecule has 5 aliphatic rings. The zero-order valence-electron chi connectivity index (χ0n) is 26.3. The lowest BCUT2D eigenvalue weighted by Crippen LogP contribution is -2.65. The molecule has 1 unspecified atom stereocenters. The van der Waals surface area contributed by atoms with Crippen molar-refractivity contribution >= 4 is 5.97 Å². The molecule has 40 heavy (non-hydrogen) atoms. The third kappa shape index (κ3) is 3.88. The van der Waals surface area contributed by atoms with Crippen molar-refractivity contribution in [1.29, 1.82) is 0 Å². The number of hydrogen-bond acceptors (Lipinski definition) is 3. The summed E-state index contributed by atoms with van der Waals surface area (Å²) in [6.45, 7) is 17.7. The first-order valence-corrected chi connectivity index (χ1v) is 16.3. The van der Waals surface area contributed by atoms with Crippen LogP contribution in [0.1, 0.15) is 123 Å². The van der Waals surface area contributed by atoms with E-state index in [0.717, 1.165) is 25.7 Å². The van der Waals surface area contributed by atoms with Gasteiger partial charge in [0.15, 0.2) is 0 Å². The molecule has 3 heteroatoms. The lowest BCUT2D eigenvalue weighted by molar-refractivity contribution is -0.215. The lowest BCUT2D eigenvalue weighted by Gasteiger charge is -2.71. The molecule has 1 aromatic rings. The Morgan fingerprint density at radius 3 is 2.27 bits per heavy atom. The second-order valence-corrected chi connectivity index (χ2v) is 16.8.